The van der Waals surface area contributed by atoms with E-state index >= 15 is 0 Å². The van der Waals surface area contributed by atoms with Gasteiger partial charge in [0.1, 0.15) is 0 Å². The van der Waals surface area contributed by atoms with Crippen molar-refractivity contribution < 1.29 is 1.37 Å². The van der Waals surface area contributed by atoms with E-state index in [9.17, 15) is 0 Å². The van der Waals surface area contributed by atoms with Crippen LogP contribution in [-0.2, 0) is 0 Å². The number of benzene rings is 1. The van der Waals surface area contributed by atoms with Gasteiger partial charge in [-0.1, -0.05) is 22.0 Å². The first kappa shape index (κ1) is 5.72. The zero-order chi connectivity index (χ0) is 8.55. The van der Waals surface area contributed by atoms with Crippen LogP contribution in [0.5, 0.6) is 0 Å². The molecule has 0 saturated heterocycles. The number of nitrogens with zero attached hydrogens (tertiary/aromatic N) is 1. The second kappa shape index (κ2) is 2.62. The molecule has 0 fully saturated rings. The normalized spacial score (nSPS) is 11.5. The van der Waals surface area contributed by atoms with E-state index in [2.05, 4.69) is 20.9 Å². The standard InChI is InChI=1S/C9H6BrN/c10-8-3-4-9-7(6-8)2-1-5-11-9/h1-6H/i5D. The van der Waals surface area contributed by atoms with Crippen LogP contribution >= 0.6 is 15.9 Å². The van der Waals surface area contributed by atoms with E-state index in [1.54, 1.807) is 6.07 Å². The van der Waals surface area contributed by atoms with E-state index in [1.165, 1.54) is 0 Å². The van der Waals surface area contributed by atoms with Gasteiger partial charge in [-0.2, -0.15) is 0 Å². The first-order chi connectivity index (χ1) is 5.75. The minimum Gasteiger partial charge on any atom is -0.256 e. The lowest BCUT2D eigenvalue weighted by Crippen LogP contribution is -1.75. The smallest absolute Gasteiger partial charge is 0.0840 e. The highest BCUT2D eigenvalue weighted by molar-refractivity contribution is 9.10. The van der Waals surface area contributed by atoms with Gasteiger partial charge < -0.3 is 0 Å². The monoisotopic (exact) mass is 208 g/mol. The van der Waals surface area contributed by atoms with Crippen LogP contribution in [0.25, 0.3) is 10.9 Å². The highest BCUT2D eigenvalue weighted by Gasteiger charge is 1.91. The van der Waals surface area contributed by atoms with Gasteiger partial charge in [-0.25, -0.2) is 0 Å². The SMILES string of the molecule is [2H]c1ccc2cc(Br)ccc2n1. The van der Waals surface area contributed by atoms with Gasteiger partial charge in [-0.05, 0) is 24.3 Å². The number of halogens is 1. The number of hydrogen-bond acceptors (Lipinski definition) is 1. The number of aromatic nitrogens is 1. The molecule has 2 heteroatoms. The van der Waals surface area contributed by atoms with Crippen molar-refractivity contribution in [3.8, 4) is 0 Å². The zero-order valence-electron chi connectivity index (χ0n) is 6.71. The fourth-order valence-corrected chi connectivity index (χ4v) is 1.37. The van der Waals surface area contributed by atoms with E-state index in [0.29, 0.717) is 6.17 Å². The largest absolute Gasteiger partial charge is 0.256 e. The fraction of sp³-hybridized carbons (Fsp3) is 0. The molecule has 0 radical (unpaired) electrons. The molecule has 1 nitrogen and oxygen atoms in total. The molecule has 2 rings (SSSR count). The minimum absolute atomic E-state index is 0.310. The van der Waals surface area contributed by atoms with Gasteiger partial charge in [0.2, 0.25) is 0 Å². The number of fused-ring (bicyclic) bond motifs is 1. The molecular weight excluding hydrogens is 202 g/mol. The Morgan fingerprint density at radius 1 is 1.36 bits per heavy atom. The van der Waals surface area contributed by atoms with E-state index in [-0.39, 0.29) is 0 Å². The third-order valence-corrected chi connectivity index (χ3v) is 2.01. The van der Waals surface area contributed by atoms with Crippen molar-refractivity contribution in [3.05, 3.63) is 41.0 Å². The van der Waals surface area contributed by atoms with Crippen LogP contribution < -0.4 is 0 Å². The van der Waals surface area contributed by atoms with Gasteiger partial charge in [-0.3, -0.25) is 4.98 Å². The molecule has 0 unspecified atom stereocenters. The average Bonchev–Trinajstić information content (AvgIpc) is 2.05. The minimum atomic E-state index is 0.310. The zero-order valence-corrected chi connectivity index (χ0v) is 7.30. The van der Waals surface area contributed by atoms with Gasteiger partial charge in [0.15, 0.2) is 0 Å². The maximum Gasteiger partial charge on any atom is 0.0840 e. The maximum atomic E-state index is 7.31. The highest BCUT2D eigenvalue weighted by atomic mass is 79.9. The lowest BCUT2D eigenvalue weighted by atomic mass is 10.2. The molecule has 1 heterocycles. The van der Waals surface area contributed by atoms with Crippen LogP contribution in [0.1, 0.15) is 1.37 Å². The first-order valence-electron chi connectivity index (χ1n) is 3.78. The Hall–Kier alpha value is -0.890. The van der Waals surface area contributed by atoms with Crippen LogP contribution in [0.15, 0.2) is 41.0 Å². The number of rotatable bonds is 0. The summed E-state index contributed by atoms with van der Waals surface area (Å²) in [4.78, 5) is 4.06. The molecule has 0 N–H and O–H groups in total. The number of pyridine rings is 1. The van der Waals surface area contributed by atoms with Crippen molar-refractivity contribution >= 4 is 26.8 Å². The highest BCUT2D eigenvalue weighted by Crippen LogP contribution is 2.16. The quantitative estimate of drug-likeness (QED) is 0.649. The lowest BCUT2D eigenvalue weighted by Gasteiger charge is -1.94. The van der Waals surface area contributed by atoms with Gasteiger partial charge in [0, 0.05) is 16.0 Å². The lowest BCUT2D eigenvalue weighted by molar-refractivity contribution is 1.41. The molecule has 11 heavy (non-hydrogen) atoms. The van der Waals surface area contributed by atoms with Crippen LogP contribution in [0.4, 0.5) is 0 Å². The third kappa shape index (κ3) is 1.26. The first-order valence-corrected chi connectivity index (χ1v) is 4.08. The molecule has 0 bridgehead atoms. The summed E-state index contributed by atoms with van der Waals surface area (Å²) in [5, 5.41) is 1.06. The van der Waals surface area contributed by atoms with E-state index in [4.69, 9.17) is 1.37 Å². The molecular formula is C9H6BrN. The third-order valence-electron chi connectivity index (χ3n) is 1.51. The summed E-state index contributed by atoms with van der Waals surface area (Å²) in [6.45, 7) is 0. The predicted octanol–water partition coefficient (Wildman–Crippen LogP) is 3.00. The molecule has 0 spiro atoms. The van der Waals surface area contributed by atoms with Gasteiger partial charge >= 0.3 is 0 Å². The van der Waals surface area contributed by atoms with Crippen LogP contribution in [0.3, 0.4) is 0 Å². The molecule has 2 aromatic rings. The summed E-state index contributed by atoms with van der Waals surface area (Å²) in [5.41, 5.74) is 0.866. The van der Waals surface area contributed by atoms with E-state index in [1.807, 2.05) is 24.3 Å². The predicted molar refractivity (Wildman–Crippen MR) is 49.4 cm³/mol. The topological polar surface area (TPSA) is 12.9 Å². The second-order valence-corrected chi connectivity index (χ2v) is 3.19. The summed E-state index contributed by atoms with van der Waals surface area (Å²) in [5.74, 6) is 0. The van der Waals surface area contributed by atoms with Crippen molar-refractivity contribution in [2.45, 2.75) is 0 Å². The average molecular weight is 209 g/mol. The molecule has 1 aromatic heterocycles. The van der Waals surface area contributed by atoms with Crippen molar-refractivity contribution in [2.75, 3.05) is 0 Å². The molecule has 0 atom stereocenters. The summed E-state index contributed by atoms with van der Waals surface area (Å²) in [6.07, 6.45) is 0.310. The Kier molecular flexibility index (Phi) is 1.37. The van der Waals surface area contributed by atoms with Crippen LogP contribution in [0, 0.1) is 0 Å². The van der Waals surface area contributed by atoms with E-state index in [0.717, 1.165) is 15.4 Å². The fourth-order valence-electron chi connectivity index (χ4n) is 0.995. The maximum absolute atomic E-state index is 7.31. The van der Waals surface area contributed by atoms with E-state index < -0.39 is 0 Å². The van der Waals surface area contributed by atoms with Crippen molar-refractivity contribution in [1.29, 1.82) is 0 Å². The Bertz CT molecular complexity index is 387. The van der Waals surface area contributed by atoms with Gasteiger partial charge in [-0.15, -0.1) is 0 Å². The molecule has 0 aliphatic rings. The van der Waals surface area contributed by atoms with Gasteiger partial charge in [0.25, 0.3) is 0 Å². The molecule has 1 aromatic carbocycles. The Morgan fingerprint density at radius 3 is 3.18 bits per heavy atom. The van der Waals surface area contributed by atoms with Gasteiger partial charge in [0.05, 0.1) is 6.89 Å². The summed E-state index contributed by atoms with van der Waals surface area (Å²) in [6, 6.07) is 9.40. The second-order valence-electron chi connectivity index (χ2n) is 2.28. The van der Waals surface area contributed by atoms with Crippen molar-refractivity contribution in [3.63, 3.8) is 0 Å². The molecule has 0 saturated carbocycles. The van der Waals surface area contributed by atoms with Crippen LogP contribution in [-0.4, -0.2) is 4.98 Å². The Labute approximate surface area is 74.6 Å². The Morgan fingerprint density at radius 2 is 2.27 bits per heavy atom. The Balaban J connectivity index is 2.79. The van der Waals surface area contributed by atoms with Crippen LogP contribution in [0.2, 0.25) is 0 Å². The summed E-state index contributed by atoms with van der Waals surface area (Å²) in [7, 11) is 0. The molecule has 0 aliphatic carbocycles. The summed E-state index contributed by atoms with van der Waals surface area (Å²) >= 11 is 3.38. The van der Waals surface area contributed by atoms with Crippen molar-refractivity contribution in [2.24, 2.45) is 0 Å². The number of hydrogen-bond donors (Lipinski definition) is 0. The summed E-state index contributed by atoms with van der Waals surface area (Å²) < 4.78 is 8.34. The molecule has 0 aliphatic heterocycles. The molecule has 54 valence electrons. The van der Waals surface area contributed by atoms with Crippen molar-refractivity contribution in [1.82, 2.24) is 4.98 Å². The molecule has 0 amide bonds.